The first-order chi connectivity index (χ1) is 13.6. The quantitative estimate of drug-likeness (QED) is 0.744. The first-order valence-corrected chi connectivity index (χ1v) is 9.31. The second-order valence-corrected chi connectivity index (χ2v) is 7.15. The van der Waals surface area contributed by atoms with Crippen molar-refractivity contribution >= 4 is 29.0 Å². The van der Waals surface area contributed by atoms with E-state index >= 15 is 0 Å². The molecular weight excluding hydrogens is 412 g/mol. The van der Waals surface area contributed by atoms with Gasteiger partial charge in [-0.15, -0.1) is 0 Å². The lowest BCUT2D eigenvalue weighted by Crippen LogP contribution is -2.53. The van der Waals surface area contributed by atoms with Gasteiger partial charge in [-0.2, -0.15) is 13.2 Å². The smallest absolute Gasteiger partial charge is 0.354 e. The number of hydrogen-bond acceptors (Lipinski definition) is 4. The molecule has 5 nitrogen and oxygen atoms in total. The number of aromatic nitrogens is 1. The van der Waals surface area contributed by atoms with E-state index in [1.54, 1.807) is 6.92 Å². The van der Waals surface area contributed by atoms with E-state index in [1.807, 2.05) is 9.80 Å². The Morgan fingerprint density at radius 2 is 1.86 bits per heavy atom. The number of anilines is 2. The van der Waals surface area contributed by atoms with E-state index in [0.29, 0.717) is 37.0 Å². The van der Waals surface area contributed by atoms with Crippen LogP contribution < -0.4 is 10.2 Å². The number of nitrogens with one attached hydrogen (secondary N) is 1. The number of pyridine rings is 1. The third-order valence-corrected chi connectivity index (χ3v) is 5.06. The molecule has 2 heterocycles. The molecule has 0 spiro atoms. The van der Waals surface area contributed by atoms with Crippen molar-refractivity contribution in [2.45, 2.75) is 19.1 Å². The molecule has 1 fully saturated rings. The van der Waals surface area contributed by atoms with E-state index in [-0.39, 0.29) is 11.6 Å². The average Bonchev–Trinajstić information content (AvgIpc) is 2.69. The van der Waals surface area contributed by atoms with Crippen LogP contribution in [0.5, 0.6) is 0 Å². The molecule has 0 bridgehead atoms. The number of benzene rings is 1. The molecular formula is C19H19ClF4N4O. The van der Waals surface area contributed by atoms with Gasteiger partial charge in [-0.3, -0.25) is 9.69 Å². The Morgan fingerprint density at radius 1 is 1.17 bits per heavy atom. The Hall–Kier alpha value is -2.39. The number of carbonyl (C=O) groups excluding carboxylic acids is 1. The van der Waals surface area contributed by atoms with Gasteiger partial charge in [0.05, 0.1) is 17.3 Å². The molecule has 1 aromatic heterocycles. The lowest BCUT2D eigenvalue weighted by Gasteiger charge is -2.38. The third-order valence-electron chi connectivity index (χ3n) is 4.83. The second-order valence-electron chi connectivity index (χ2n) is 6.72. The highest BCUT2D eigenvalue weighted by Crippen LogP contribution is 2.29. The van der Waals surface area contributed by atoms with E-state index in [0.717, 1.165) is 12.3 Å². The summed E-state index contributed by atoms with van der Waals surface area (Å²) in [7, 11) is 0. The van der Waals surface area contributed by atoms with E-state index in [4.69, 9.17) is 11.6 Å². The van der Waals surface area contributed by atoms with Crippen molar-refractivity contribution in [3.63, 3.8) is 0 Å². The molecule has 3 rings (SSSR count). The third kappa shape index (κ3) is 5.16. The van der Waals surface area contributed by atoms with Crippen LogP contribution in [0.4, 0.5) is 29.1 Å². The number of carbonyl (C=O) groups is 1. The van der Waals surface area contributed by atoms with Crippen molar-refractivity contribution in [1.29, 1.82) is 0 Å². The predicted molar refractivity (Wildman–Crippen MR) is 103 cm³/mol. The standard InChI is InChI=1S/C19H19ClF4N4O/c1-12(18(29)26-16-10-14(20)3-4-15(16)21)27-6-8-28(9-7-27)17-5-2-13(11-25-17)19(22,23)24/h2-5,10-12H,6-9H2,1H3,(H,26,29). The molecule has 0 aliphatic carbocycles. The van der Waals surface area contributed by atoms with Crippen LogP contribution in [0.3, 0.4) is 0 Å². The summed E-state index contributed by atoms with van der Waals surface area (Å²) in [5.41, 5.74) is -0.777. The first kappa shape index (κ1) is 21.3. The molecule has 0 radical (unpaired) electrons. The van der Waals surface area contributed by atoms with Crippen LogP contribution in [0.25, 0.3) is 0 Å². The normalized spacial score (nSPS) is 16.6. The number of halogens is 5. The van der Waals surface area contributed by atoms with Crippen LogP contribution in [0.2, 0.25) is 5.02 Å². The summed E-state index contributed by atoms with van der Waals surface area (Å²) in [4.78, 5) is 20.1. The SMILES string of the molecule is CC(C(=O)Nc1cc(Cl)ccc1F)N1CCN(c2ccc(C(F)(F)F)cn2)CC1. The number of alkyl halides is 3. The Morgan fingerprint density at radius 3 is 2.45 bits per heavy atom. The lowest BCUT2D eigenvalue weighted by atomic mass is 10.2. The molecule has 1 N–H and O–H groups in total. The summed E-state index contributed by atoms with van der Waals surface area (Å²) in [5.74, 6) is -0.490. The van der Waals surface area contributed by atoms with Crippen LogP contribution in [0.15, 0.2) is 36.5 Å². The zero-order valence-corrected chi connectivity index (χ0v) is 16.3. The van der Waals surface area contributed by atoms with Crippen molar-refractivity contribution in [2.75, 3.05) is 36.4 Å². The van der Waals surface area contributed by atoms with Gasteiger partial charge in [0.1, 0.15) is 11.6 Å². The fourth-order valence-corrected chi connectivity index (χ4v) is 3.25. The van der Waals surface area contributed by atoms with Crippen LogP contribution in [0, 0.1) is 5.82 Å². The van der Waals surface area contributed by atoms with E-state index < -0.39 is 23.6 Å². The maximum absolute atomic E-state index is 13.8. The highest BCUT2D eigenvalue weighted by atomic mass is 35.5. The fourth-order valence-electron chi connectivity index (χ4n) is 3.08. The number of piperazine rings is 1. The number of amides is 1. The predicted octanol–water partition coefficient (Wildman–Crippen LogP) is 4.04. The van der Waals surface area contributed by atoms with E-state index in [1.165, 1.54) is 24.3 Å². The minimum absolute atomic E-state index is 0.0157. The summed E-state index contributed by atoms with van der Waals surface area (Å²) in [5, 5.41) is 2.85. The van der Waals surface area contributed by atoms with Gasteiger partial charge in [-0.05, 0) is 37.3 Å². The first-order valence-electron chi connectivity index (χ1n) is 8.93. The van der Waals surface area contributed by atoms with Gasteiger partial charge in [0.15, 0.2) is 0 Å². The number of nitrogens with zero attached hydrogens (tertiary/aromatic N) is 3. The fraction of sp³-hybridized carbons (Fsp3) is 0.368. The molecule has 1 aliphatic rings. The Balaban J connectivity index is 1.57. The summed E-state index contributed by atoms with van der Waals surface area (Å²) in [6, 6.07) is 5.75. The number of hydrogen-bond donors (Lipinski definition) is 1. The van der Waals surface area contributed by atoms with Gasteiger partial charge in [0, 0.05) is 37.4 Å². The van der Waals surface area contributed by atoms with E-state index in [9.17, 15) is 22.4 Å². The average molecular weight is 431 g/mol. The van der Waals surface area contributed by atoms with Gasteiger partial charge in [-0.1, -0.05) is 11.6 Å². The zero-order valence-electron chi connectivity index (χ0n) is 15.5. The second kappa shape index (κ2) is 8.54. The molecule has 2 aromatic rings. The minimum Gasteiger partial charge on any atom is -0.354 e. The molecule has 10 heteroatoms. The Labute approximate surface area is 170 Å². The van der Waals surface area contributed by atoms with Gasteiger partial charge in [-0.25, -0.2) is 9.37 Å². The number of rotatable bonds is 4. The summed E-state index contributed by atoms with van der Waals surface area (Å²) >= 11 is 5.84. The molecule has 1 atom stereocenters. The Bertz CT molecular complexity index is 868. The lowest BCUT2D eigenvalue weighted by molar-refractivity contribution is -0.137. The summed E-state index contributed by atoms with van der Waals surface area (Å²) in [6.07, 6.45) is -3.60. The highest BCUT2D eigenvalue weighted by molar-refractivity contribution is 6.30. The van der Waals surface area contributed by atoms with Crippen molar-refractivity contribution < 1.29 is 22.4 Å². The van der Waals surface area contributed by atoms with Gasteiger partial charge < -0.3 is 10.2 Å². The topological polar surface area (TPSA) is 48.5 Å². The summed E-state index contributed by atoms with van der Waals surface area (Å²) in [6.45, 7) is 3.73. The Kier molecular flexibility index (Phi) is 6.28. The van der Waals surface area contributed by atoms with Gasteiger partial charge in [0.25, 0.3) is 0 Å². The molecule has 1 unspecified atom stereocenters. The van der Waals surface area contributed by atoms with Gasteiger partial charge in [0.2, 0.25) is 5.91 Å². The maximum Gasteiger partial charge on any atom is 0.417 e. The largest absolute Gasteiger partial charge is 0.417 e. The van der Waals surface area contributed by atoms with Crippen LogP contribution in [0.1, 0.15) is 12.5 Å². The highest BCUT2D eigenvalue weighted by Gasteiger charge is 2.31. The van der Waals surface area contributed by atoms with Crippen molar-refractivity contribution in [3.8, 4) is 0 Å². The molecule has 1 aromatic carbocycles. The monoisotopic (exact) mass is 430 g/mol. The van der Waals surface area contributed by atoms with Crippen LogP contribution >= 0.6 is 11.6 Å². The molecule has 156 valence electrons. The minimum atomic E-state index is -4.42. The van der Waals surface area contributed by atoms with Crippen LogP contribution in [-0.4, -0.2) is 48.0 Å². The van der Waals surface area contributed by atoms with Crippen molar-refractivity contribution in [3.05, 3.63) is 52.9 Å². The van der Waals surface area contributed by atoms with Gasteiger partial charge >= 0.3 is 6.18 Å². The van der Waals surface area contributed by atoms with Crippen LogP contribution in [-0.2, 0) is 11.0 Å². The molecule has 0 saturated carbocycles. The van der Waals surface area contributed by atoms with Crippen molar-refractivity contribution in [1.82, 2.24) is 9.88 Å². The molecule has 1 amide bonds. The maximum atomic E-state index is 13.8. The van der Waals surface area contributed by atoms with Crippen molar-refractivity contribution in [2.24, 2.45) is 0 Å². The van der Waals surface area contributed by atoms with E-state index in [2.05, 4.69) is 10.3 Å². The molecule has 1 saturated heterocycles. The summed E-state index contributed by atoms with van der Waals surface area (Å²) < 4.78 is 51.8. The molecule has 1 aliphatic heterocycles. The zero-order chi connectivity index (χ0) is 21.2. The molecule has 29 heavy (non-hydrogen) atoms.